The number of hydrogen-bond donors (Lipinski definition) is 1. The van der Waals surface area contributed by atoms with Crippen LogP contribution in [-0.4, -0.2) is 11.5 Å². The lowest BCUT2D eigenvalue weighted by atomic mass is 10.1. The molecular formula is C16H22N2OS. The molecule has 0 aliphatic carbocycles. The molecule has 0 bridgehead atoms. The van der Waals surface area contributed by atoms with Crippen LogP contribution in [0.15, 0.2) is 23.7 Å². The number of hydrogen-bond acceptors (Lipinski definition) is 4. The quantitative estimate of drug-likeness (QED) is 0.787. The van der Waals surface area contributed by atoms with Crippen LogP contribution in [0, 0.1) is 13.8 Å². The molecule has 0 aliphatic heterocycles. The number of nitrogens with zero attached hydrogens (tertiary/aromatic N) is 1. The summed E-state index contributed by atoms with van der Waals surface area (Å²) in [6.07, 6.45) is 2.97. The van der Waals surface area contributed by atoms with Crippen LogP contribution in [0.3, 0.4) is 0 Å². The number of aryl methyl sites for hydroxylation is 2. The van der Waals surface area contributed by atoms with Gasteiger partial charge in [-0.15, -0.1) is 11.3 Å². The molecule has 0 amide bonds. The van der Waals surface area contributed by atoms with Crippen LogP contribution in [-0.2, 0) is 13.2 Å². The van der Waals surface area contributed by atoms with E-state index < -0.39 is 0 Å². The van der Waals surface area contributed by atoms with Crippen LogP contribution in [0.4, 0.5) is 0 Å². The first-order chi connectivity index (χ1) is 9.70. The van der Waals surface area contributed by atoms with E-state index in [9.17, 15) is 0 Å². The molecule has 4 heteroatoms. The fourth-order valence-corrected chi connectivity index (χ4v) is 2.76. The molecule has 1 aromatic heterocycles. The number of benzene rings is 1. The molecule has 1 heterocycles. The summed E-state index contributed by atoms with van der Waals surface area (Å²) in [5, 5.41) is 6.42. The molecule has 0 radical (unpaired) electrons. The van der Waals surface area contributed by atoms with Crippen LogP contribution in [0.2, 0.25) is 0 Å². The van der Waals surface area contributed by atoms with Crippen LogP contribution in [0.1, 0.15) is 35.0 Å². The summed E-state index contributed by atoms with van der Waals surface area (Å²) >= 11 is 1.62. The smallest absolute Gasteiger partial charge is 0.140 e. The Hall–Kier alpha value is -1.39. The standard InChI is InChI=1S/C16H22N2OS/c1-4-5-17-10-14-8-12(2)16(13(3)9-14)19-11-15-18-6-7-20-15/h6-9,17H,4-5,10-11H2,1-3H3. The summed E-state index contributed by atoms with van der Waals surface area (Å²) in [5.74, 6) is 0.986. The van der Waals surface area contributed by atoms with Crippen molar-refractivity contribution in [2.24, 2.45) is 0 Å². The summed E-state index contributed by atoms with van der Waals surface area (Å²) in [4.78, 5) is 4.24. The van der Waals surface area contributed by atoms with E-state index in [2.05, 4.69) is 43.2 Å². The van der Waals surface area contributed by atoms with Gasteiger partial charge in [-0.05, 0) is 43.5 Å². The molecule has 1 aromatic carbocycles. The molecule has 0 saturated heterocycles. The van der Waals surface area contributed by atoms with Crippen molar-refractivity contribution in [3.63, 3.8) is 0 Å². The number of thiazole rings is 1. The highest BCUT2D eigenvalue weighted by molar-refractivity contribution is 7.09. The van der Waals surface area contributed by atoms with Gasteiger partial charge in [-0.1, -0.05) is 19.1 Å². The minimum absolute atomic E-state index is 0.548. The SMILES string of the molecule is CCCNCc1cc(C)c(OCc2nccs2)c(C)c1. The highest BCUT2D eigenvalue weighted by atomic mass is 32.1. The second-order valence-electron chi connectivity index (χ2n) is 4.95. The molecular weight excluding hydrogens is 268 g/mol. The van der Waals surface area contributed by atoms with Crippen molar-refractivity contribution in [1.29, 1.82) is 0 Å². The van der Waals surface area contributed by atoms with Gasteiger partial charge in [-0.2, -0.15) is 0 Å². The number of aromatic nitrogens is 1. The monoisotopic (exact) mass is 290 g/mol. The summed E-state index contributed by atoms with van der Waals surface area (Å²) in [7, 11) is 0. The minimum Gasteiger partial charge on any atom is -0.486 e. The number of nitrogens with one attached hydrogen (secondary N) is 1. The maximum absolute atomic E-state index is 5.92. The summed E-state index contributed by atoms with van der Waals surface area (Å²) < 4.78 is 5.92. The molecule has 1 N–H and O–H groups in total. The molecule has 0 fully saturated rings. The average Bonchev–Trinajstić information content (AvgIpc) is 2.91. The second kappa shape index (κ2) is 7.41. The van der Waals surface area contributed by atoms with E-state index in [4.69, 9.17) is 4.74 Å². The van der Waals surface area contributed by atoms with Crippen molar-refractivity contribution in [1.82, 2.24) is 10.3 Å². The maximum Gasteiger partial charge on any atom is 0.140 e. The van der Waals surface area contributed by atoms with Crippen molar-refractivity contribution in [2.75, 3.05) is 6.54 Å². The molecule has 0 spiro atoms. The van der Waals surface area contributed by atoms with Gasteiger partial charge < -0.3 is 10.1 Å². The molecule has 108 valence electrons. The van der Waals surface area contributed by atoms with Crippen LogP contribution in [0.5, 0.6) is 5.75 Å². The Kier molecular flexibility index (Phi) is 5.56. The van der Waals surface area contributed by atoms with Gasteiger partial charge in [0.2, 0.25) is 0 Å². The van der Waals surface area contributed by atoms with E-state index in [0.717, 1.165) is 30.3 Å². The molecule has 0 atom stereocenters. The second-order valence-corrected chi connectivity index (χ2v) is 5.93. The third kappa shape index (κ3) is 4.05. The van der Waals surface area contributed by atoms with Gasteiger partial charge in [0.05, 0.1) is 0 Å². The fraction of sp³-hybridized carbons (Fsp3) is 0.438. The fourth-order valence-electron chi connectivity index (χ4n) is 2.24. The van der Waals surface area contributed by atoms with Crippen LogP contribution < -0.4 is 10.1 Å². The summed E-state index contributed by atoms with van der Waals surface area (Å²) in [5.41, 5.74) is 3.69. The van der Waals surface area contributed by atoms with Crippen LogP contribution >= 0.6 is 11.3 Å². The maximum atomic E-state index is 5.92. The lowest BCUT2D eigenvalue weighted by molar-refractivity contribution is 0.301. The molecule has 0 aliphatic rings. The van der Waals surface area contributed by atoms with Gasteiger partial charge in [0.25, 0.3) is 0 Å². The van der Waals surface area contributed by atoms with E-state index >= 15 is 0 Å². The topological polar surface area (TPSA) is 34.1 Å². The molecule has 0 saturated carbocycles. The zero-order chi connectivity index (χ0) is 14.4. The normalized spacial score (nSPS) is 10.8. The molecule has 2 aromatic rings. The predicted molar refractivity (Wildman–Crippen MR) is 84.4 cm³/mol. The van der Waals surface area contributed by atoms with Gasteiger partial charge in [0, 0.05) is 18.1 Å². The third-order valence-corrected chi connectivity index (χ3v) is 3.85. The Balaban J connectivity index is 2.02. The largest absolute Gasteiger partial charge is 0.486 e. The molecule has 2 rings (SSSR count). The highest BCUT2D eigenvalue weighted by Crippen LogP contribution is 2.26. The first-order valence-electron chi connectivity index (χ1n) is 7.02. The van der Waals surface area contributed by atoms with Gasteiger partial charge in [-0.25, -0.2) is 4.98 Å². The Labute approximate surface area is 125 Å². The molecule has 3 nitrogen and oxygen atoms in total. The molecule has 20 heavy (non-hydrogen) atoms. The lowest BCUT2D eigenvalue weighted by Crippen LogP contribution is -2.14. The van der Waals surface area contributed by atoms with Gasteiger partial charge in [0.1, 0.15) is 17.4 Å². The van der Waals surface area contributed by atoms with E-state index in [1.54, 1.807) is 11.3 Å². The Morgan fingerprint density at radius 2 is 2.00 bits per heavy atom. The predicted octanol–water partition coefficient (Wildman–Crippen LogP) is 3.84. The van der Waals surface area contributed by atoms with E-state index in [1.165, 1.54) is 16.7 Å². The Morgan fingerprint density at radius 3 is 2.60 bits per heavy atom. The van der Waals surface area contributed by atoms with E-state index in [-0.39, 0.29) is 0 Å². The zero-order valence-electron chi connectivity index (χ0n) is 12.4. The average molecular weight is 290 g/mol. The van der Waals surface area contributed by atoms with Crippen molar-refractivity contribution >= 4 is 11.3 Å². The molecule has 0 unspecified atom stereocenters. The number of ether oxygens (including phenoxy) is 1. The highest BCUT2D eigenvalue weighted by Gasteiger charge is 2.07. The minimum atomic E-state index is 0.548. The van der Waals surface area contributed by atoms with Gasteiger partial charge in [0.15, 0.2) is 0 Å². The first kappa shape index (κ1) is 15.0. The number of rotatable bonds is 7. The zero-order valence-corrected chi connectivity index (χ0v) is 13.2. The van der Waals surface area contributed by atoms with E-state index in [0.29, 0.717) is 6.61 Å². The first-order valence-corrected chi connectivity index (χ1v) is 7.90. The lowest BCUT2D eigenvalue weighted by Gasteiger charge is -2.13. The third-order valence-electron chi connectivity index (χ3n) is 3.10. The summed E-state index contributed by atoms with van der Waals surface area (Å²) in [6, 6.07) is 4.40. The van der Waals surface area contributed by atoms with Gasteiger partial charge >= 0.3 is 0 Å². The van der Waals surface area contributed by atoms with Crippen molar-refractivity contribution in [3.8, 4) is 5.75 Å². The Morgan fingerprint density at radius 1 is 1.25 bits per heavy atom. The van der Waals surface area contributed by atoms with Crippen molar-refractivity contribution in [3.05, 3.63) is 45.4 Å². The van der Waals surface area contributed by atoms with Crippen molar-refractivity contribution in [2.45, 2.75) is 40.3 Å². The Bertz CT molecular complexity index is 514. The van der Waals surface area contributed by atoms with Gasteiger partial charge in [-0.3, -0.25) is 0 Å². The van der Waals surface area contributed by atoms with E-state index in [1.807, 2.05) is 11.6 Å². The van der Waals surface area contributed by atoms with Crippen LogP contribution in [0.25, 0.3) is 0 Å². The summed E-state index contributed by atoms with van der Waals surface area (Å²) in [6.45, 7) is 8.91. The van der Waals surface area contributed by atoms with Crippen molar-refractivity contribution < 1.29 is 4.74 Å².